The first kappa shape index (κ1) is 18.0. The highest BCUT2D eigenvalue weighted by Gasteiger charge is 2.20. The summed E-state index contributed by atoms with van der Waals surface area (Å²) in [5.41, 5.74) is 7.93. The van der Waals surface area contributed by atoms with Gasteiger partial charge in [0.15, 0.2) is 0 Å². The summed E-state index contributed by atoms with van der Waals surface area (Å²) < 4.78 is 11.0. The number of furan rings is 1. The maximum Gasteiger partial charge on any atom is 0.136 e. The third-order valence-electron chi connectivity index (χ3n) is 7.32. The summed E-state index contributed by atoms with van der Waals surface area (Å²) in [4.78, 5) is 0. The number of aromatic nitrogens is 2. The minimum Gasteiger partial charge on any atom is -0.456 e. The quantitative estimate of drug-likeness (QED) is 0.254. The summed E-state index contributed by atoms with van der Waals surface area (Å²) >= 11 is 0. The van der Waals surface area contributed by atoms with Crippen molar-refractivity contribution >= 4 is 65.6 Å². The molecule has 0 bridgehead atoms. The van der Waals surface area contributed by atoms with Crippen molar-refractivity contribution in [3.63, 3.8) is 0 Å². The molecule has 0 aliphatic rings. The third kappa shape index (κ3) is 2.16. The average Bonchev–Trinajstić information content (AvgIpc) is 3.51. The number of rotatable bonds is 1. The second-order valence-electron chi connectivity index (χ2n) is 9.07. The molecule has 0 saturated heterocycles. The van der Waals surface area contributed by atoms with E-state index in [2.05, 4.69) is 107 Å². The lowest BCUT2D eigenvalue weighted by atomic mass is 10.1. The van der Waals surface area contributed by atoms with E-state index in [0.29, 0.717) is 0 Å². The molecule has 0 amide bonds. The van der Waals surface area contributed by atoms with Crippen molar-refractivity contribution in [2.24, 2.45) is 7.05 Å². The van der Waals surface area contributed by atoms with Gasteiger partial charge in [-0.05, 0) is 42.5 Å². The second-order valence-corrected chi connectivity index (χ2v) is 9.07. The highest BCUT2D eigenvalue weighted by Crippen LogP contribution is 2.42. The Morgan fingerprint density at radius 3 is 2.18 bits per heavy atom. The SMILES string of the molecule is Cn1c2cc3c(cc2c2c1ccc1c4ccccc4n(-c4ccccc4)c12)oc1ccccc13. The molecule has 3 aromatic heterocycles. The first-order valence-electron chi connectivity index (χ1n) is 11.6. The zero-order chi connectivity index (χ0) is 22.4. The molecule has 0 fully saturated rings. The number of para-hydroxylation sites is 3. The van der Waals surface area contributed by atoms with Gasteiger partial charge >= 0.3 is 0 Å². The first-order valence-corrected chi connectivity index (χ1v) is 11.6. The number of benzene rings is 5. The van der Waals surface area contributed by atoms with Gasteiger partial charge in [0, 0.05) is 50.6 Å². The largest absolute Gasteiger partial charge is 0.456 e. The van der Waals surface area contributed by atoms with Crippen molar-refractivity contribution < 1.29 is 4.42 Å². The standard InChI is InChI=1S/C31H20N2O/c1-32-26-16-15-22-20-11-5-7-13-25(20)33(19-9-3-2-4-10-19)31(22)30(26)24-18-29-23(17-27(24)32)21-12-6-8-14-28(21)34-29/h2-18H,1H3. The lowest BCUT2D eigenvalue weighted by Crippen LogP contribution is -1.93. The van der Waals surface area contributed by atoms with Crippen molar-refractivity contribution in [1.29, 1.82) is 0 Å². The average molecular weight is 437 g/mol. The fraction of sp³-hybridized carbons (Fsp3) is 0.0323. The molecule has 5 aromatic carbocycles. The van der Waals surface area contributed by atoms with E-state index in [1.54, 1.807) is 0 Å². The van der Waals surface area contributed by atoms with Crippen LogP contribution in [-0.2, 0) is 7.05 Å². The summed E-state index contributed by atoms with van der Waals surface area (Å²) in [6, 6.07) is 36.7. The molecule has 3 nitrogen and oxygen atoms in total. The van der Waals surface area contributed by atoms with Gasteiger partial charge in [0.25, 0.3) is 0 Å². The molecule has 8 rings (SSSR count). The third-order valence-corrected chi connectivity index (χ3v) is 7.32. The number of nitrogens with zero attached hydrogens (tertiary/aromatic N) is 2. The molecule has 0 radical (unpaired) electrons. The predicted octanol–water partition coefficient (Wildman–Crippen LogP) is 8.33. The second kappa shape index (κ2) is 6.30. The normalized spacial score (nSPS) is 12.3. The maximum atomic E-state index is 6.29. The lowest BCUT2D eigenvalue weighted by Gasteiger charge is -2.08. The topological polar surface area (TPSA) is 23.0 Å². The monoisotopic (exact) mass is 436 g/mol. The molecule has 0 aliphatic carbocycles. The van der Waals surface area contributed by atoms with Crippen LogP contribution in [0.4, 0.5) is 0 Å². The van der Waals surface area contributed by atoms with E-state index in [4.69, 9.17) is 4.42 Å². The van der Waals surface area contributed by atoms with Crippen molar-refractivity contribution in [3.8, 4) is 5.69 Å². The Morgan fingerprint density at radius 2 is 1.29 bits per heavy atom. The molecule has 0 atom stereocenters. The van der Waals surface area contributed by atoms with Gasteiger partial charge in [0.05, 0.1) is 16.6 Å². The fourth-order valence-electron chi connectivity index (χ4n) is 5.80. The Morgan fingerprint density at radius 1 is 0.529 bits per heavy atom. The molecule has 8 aromatic rings. The summed E-state index contributed by atoms with van der Waals surface area (Å²) in [6.07, 6.45) is 0. The van der Waals surface area contributed by atoms with E-state index in [1.807, 2.05) is 12.1 Å². The lowest BCUT2D eigenvalue weighted by molar-refractivity contribution is 0.669. The van der Waals surface area contributed by atoms with E-state index in [-0.39, 0.29) is 0 Å². The molecule has 0 N–H and O–H groups in total. The zero-order valence-electron chi connectivity index (χ0n) is 18.6. The van der Waals surface area contributed by atoms with Gasteiger partial charge in [-0.3, -0.25) is 0 Å². The highest BCUT2D eigenvalue weighted by atomic mass is 16.3. The maximum absolute atomic E-state index is 6.29. The Kier molecular flexibility index (Phi) is 3.33. The van der Waals surface area contributed by atoms with E-state index in [9.17, 15) is 0 Å². The van der Waals surface area contributed by atoms with Crippen LogP contribution in [0.2, 0.25) is 0 Å². The van der Waals surface area contributed by atoms with Crippen LogP contribution < -0.4 is 0 Å². The Labute approximate surface area is 195 Å². The van der Waals surface area contributed by atoms with Gasteiger partial charge < -0.3 is 13.6 Å². The van der Waals surface area contributed by atoms with Gasteiger partial charge in [0.2, 0.25) is 0 Å². The minimum atomic E-state index is 0.931. The van der Waals surface area contributed by atoms with Crippen LogP contribution in [0.1, 0.15) is 0 Å². The summed E-state index contributed by atoms with van der Waals surface area (Å²) in [6.45, 7) is 0. The molecule has 3 heterocycles. The molecule has 3 heteroatoms. The molecule has 160 valence electrons. The number of hydrogen-bond acceptors (Lipinski definition) is 1. The Bertz CT molecular complexity index is 2070. The molecule has 0 aliphatic heterocycles. The molecule has 0 saturated carbocycles. The van der Waals surface area contributed by atoms with Crippen LogP contribution in [0.15, 0.2) is 108 Å². The van der Waals surface area contributed by atoms with Crippen molar-refractivity contribution in [2.75, 3.05) is 0 Å². The molecule has 0 spiro atoms. The predicted molar refractivity (Wildman–Crippen MR) is 142 cm³/mol. The molecule has 0 unspecified atom stereocenters. The van der Waals surface area contributed by atoms with Gasteiger partial charge in [-0.15, -0.1) is 0 Å². The zero-order valence-corrected chi connectivity index (χ0v) is 18.6. The van der Waals surface area contributed by atoms with Crippen molar-refractivity contribution in [3.05, 3.63) is 103 Å². The Balaban J connectivity index is 1.64. The van der Waals surface area contributed by atoms with Gasteiger partial charge in [-0.2, -0.15) is 0 Å². The van der Waals surface area contributed by atoms with Gasteiger partial charge in [-0.25, -0.2) is 0 Å². The van der Waals surface area contributed by atoms with Crippen LogP contribution in [-0.4, -0.2) is 9.13 Å². The van der Waals surface area contributed by atoms with Crippen molar-refractivity contribution in [1.82, 2.24) is 9.13 Å². The number of fused-ring (bicyclic) bond motifs is 10. The molecular formula is C31H20N2O. The van der Waals surface area contributed by atoms with Gasteiger partial charge in [0.1, 0.15) is 11.2 Å². The summed E-state index contributed by atoms with van der Waals surface area (Å²) in [7, 11) is 2.17. The van der Waals surface area contributed by atoms with Crippen LogP contribution in [0, 0.1) is 0 Å². The van der Waals surface area contributed by atoms with E-state index in [0.717, 1.165) is 21.9 Å². The van der Waals surface area contributed by atoms with E-state index in [1.165, 1.54) is 49.3 Å². The number of hydrogen-bond donors (Lipinski definition) is 0. The van der Waals surface area contributed by atoms with Crippen LogP contribution in [0.25, 0.3) is 71.2 Å². The van der Waals surface area contributed by atoms with Crippen LogP contribution >= 0.6 is 0 Å². The Hall–Kier alpha value is -4.50. The van der Waals surface area contributed by atoms with Gasteiger partial charge in [-0.1, -0.05) is 60.7 Å². The van der Waals surface area contributed by atoms with E-state index < -0.39 is 0 Å². The van der Waals surface area contributed by atoms with E-state index >= 15 is 0 Å². The summed E-state index contributed by atoms with van der Waals surface area (Å²) in [5.74, 6) is 0. The first-order chi connectivity index (χ1) is 16.8. The summed E-state index contributed by atoms with van der Waals surface area (Å²) in [5, 5.41) is 7.34. The fourth-order valence-corrected chi connectivity index (χ4v) is 5.80. The minimum absolute atomic E-state index is 0.931. The van der Waals surface area contributed by atoms with Crippen LogP contribution in [0.5, 0.6) is 0 Å². The van der Waals surface area contributed by atoms with Crippen LogP contribution in [0.3, 0.4) is 0 Å². The smallest absolute Gasteiger partial charge is 0.136 e. The molecule has 34 heavy (non-hydrogen) atoms. The number of aryl methyl sites for hydroxylation is 1. The highest BCUT2D eigenvalue weighted by molar-refractivity contribution is 6.27. The van der Waals surface area contributed by atoms with Crippen molar-refractivity contribution in [2.45, 2.75) is 0 Å². The molecular weight excluding hydrogens is 416 g/mol.